The quantitative estimate of drug-likeness (QED) is 0.507. The van der Waals surface area contributed by atoms with E-state index in [1.54, 1.807) is 18.4 Å². The van der Waals surface area contributed by atoms with Crippen LogP contribution in [0.1, 0.15) is 51.0 Å². The van der Waals surface area contributed by atoms with Gasteiger partial charge < -0.3 is 10.1 Å². The van der Waals surface area contributed by atoms with E-state index in [1.165, 1.54) is 0 Å². The molecule has 0 saturated heterocycles. The number of hydrogen-bond acceptors (Lipinski definition) is 5. The number of H-pyrrole nitrogens is 1. The lowest BCUT2D eigenvalue weighted by Gasteiger charge is -2.20. The van der Waals surface area contributed by atoms with E-state index in [1.807, 2.05) is 37.3 Å². The number of rotatable bonds is 9. The molecule has 27 heavy (non-hydrogen) atoms. The van der Waals surface area contributed by atoms with Crippen LogP contribution in [0.15, 0.2) is 30.3 Å². The molecule has 1 amide bonds. The number of aromatic nitrogens is 3. The standard InChI is InChI=1S/C19H26N4O3S/c1-4-8-16-21-22-19(27)23(16)12-17(24)20-15(11-18(25)26-13(2)3)14-9-6-5-7-10-14/h5-7,9-10,13,15H,4,8,11-12H2,1-3H3,(H,20,24)(H,22,27). The van der Waals surface area contributed by atoms with Crippen LogP contribution in [0.5, 0.6) is 0 Å². The maximum absolute atomic E-state index is 12.6. The topological polar surface area (TPSA) is 89.0 Å². The van der Waals surface area contributed by atoms with Crippen LogP contribution in [0.4, 0.5) is 0 Å². The second-order valence-electron chi connectivity index (χ2n) is 6.55. The van der Waals surface area contributed by atoms with Crippen molar-refractivity contribution in [1.29, 1.82) is 0 Å². The Hall–Kier alpha value is -2.48. The third-order valence-corrected chi connectivity index (χ3v) is 4.20. The molecule has 0 saturated carbocycles. The van der Waals surface area contributed by atoms with Crippen LogP contribution >= 0.6 is 12.2 Å². The van der Waals surface area contributed by atoms with Crippen molar-refractivity contribution in [2.75, 3.05) is 0 Å². The van der Waals surface area contributed by atoms with Crippen molar-refractivity contribution in [1.82, 2.24) is 20.1 Å². The summed E-state index contributed by atoms with van der Waals surface area (Å²) in [5, 5.41) is 9.82. The van der Waals surface area contributed by atoms with Crippen molar-refractivity contribution < 1.29 is 14.3 Å². The summed E-state index contributed by atoms with van der Waals surface area (Å²) in [7, 11) is 0. The van der Waals surface area contributed by atoms with Gasteiger partial charge in [0.25, 0.3) is 0 Å². The number of hydrogen-bond donors (Lipinski definition) is 2. The first-order chi connectivity index (χ1) is 12.9. The van der Waals surface area contributed by atoms with Crippen molar-refractivity contribution in [3.8, 4) is 0 Å². The minimum atomic E-state index is -0.472. The number of nitrogens with one attached hydrogen (secondary N) is 2. The molecule has 0 aliphatic carbocycles. The average Bonchev–Trinajstić information content (AvgIpc) is 2.95. The molecular weight excluding hydrogens is 364 g/mol. The van der Waals surface area contributed by atoms with Gasteiger partial charge in [-0.25, -0.2) is 0 Å². The predicted molar refractivity (Wildman–Crippen MR) is 105 cm³/mol. The molecule has 0 bridgehead atoms. The van der Waals surface area contributed by atoms with E-state index >= 15 is 0 Å². The number of nitrogens with zero attached hydrogens (tertiary/aromatic N) is 2. The van der Waals surface area contributed by atoms with Crippen LogP contribution in [0.2, 0.25) is 0 Å². The normalized spacial score (nSPS) is 12.0. The first-order valence-electron chi connectivity index (χ1n) is 9.08. The summed E-state index contributed by atoms with van der Waals surface area (Å²) < 4.78 is 7.32. The Morgan fingerprint density at radius 1 is 1.30 bits per heavy atom. The summed E-state index contributed by atoms with van der Waals surface area (Å²) in [5.41, 5.74) is 0.844. The highest BCUT2D eigenvalue weighted by Gasteiger charge is 2.21. The molecule has 7 nitrogen and oxygen atoms in total. The Morgan fingerprint density at radius 3 is 2.63 bits per heavy atom. The fraction of sp³-hybridized carbons (Fsp3) is 0.474. The maximum atomic E-state index is 12.6. The minimum Gasteiger partial charge on any atom is -0.463 e. The Morgan fingerprint density at radius 2 is 2.00 bits per heavy atom. The minimum absolute atomic E-state index is 0.0488. The number of ether oxygens (including phenoxy) is 1. The molecule has 2 rings (SSSR count). The van der Waals surface area contributed by atoms with E-state index in [9.17, 15) is 9.59 Å². The number of carbonyl (C=O) groups excluding carboxylic acids is 2. The zero-order valence-corrected chi connectivity index (χ0v) is 16.7. The summed E-state index contributed by atoms with van der Waals surface area (Å²) >= 11 is 5.22. The van der Waals surface area contributed by atoms with Gasteiger partial charge in [-0.2, -0.15) is 5.10 Å². The molecule has 146 valence electrons. The van der Waals surface area contributed by atoms with Gasteiger partial charge in [0.05, 0.1) is 18.6 Å². The monoisotopic (exact) mass is 390 g/mol. The van der Waals surface area contributed by atoms with Crippen LogP contribution in [0.3, 0.4) is 0 Å². The highest BCUT2D eigenvalue weighted by Crippen LogP contribution is 2.18. The van der Waals surface area contributed by atoms with Crippen LogP contribution in [0, 0.1) is 4.77 Å². The molecule has 8 heteroatoms. The molecule has 0 spiro atoms. The van der Waals surface area contributed by atoms with Gasteiger partial charge in [0.15, 0.2) is 4.77 Å². The molecule has 1 aromatic carbocycles. The fourth-order valence-electron chi connectivity index (χ4n) is 2.73. The van der Waals surface area contributed by atoms with Gasteiger partial charge in [0.2, 0.25) is 5.91 Å². The Balaban J connectivity index is 2.12. The summed E-state index contributed by atoms with van der Waals surface area (Å²) in [6.45, 7) is 5.68. The second-order valence-corrected chi connectivity index (χ2v) is 6.94. The molecule has 1 unspecified atom stereocenters. The van der Waals surface area contributed by atoms with E-state index in [0.717, 1.165) is 24.2 Å². The summed E-state index contributed by atoms with van der Waals surface area (Å²) in [4.78, 5) is 24.8. The van der Waals surface area contributed by atoms with Crippen LogP contribution in [-0.4, -0.2) is 32.7 Å². The van der Waals surface area contributed by atoms with Gasteiger partial charge in [-0.1, -0.05) is 37.3 Å². The average molecular weight is 391 g/mol. The van der Waals surface area contributed by atoms with Gasteiger partial charge in [0.1, 0.15) is 12.4 Å². The third kappa shape index (κ3) is 6.32. The Labute approximate surface area is 164 Å². The van der Waals surface area contributed by atoms with Crippen molar-refractivity contribution in [2.24, 2.45) is 0 Å². The van der Waals surface area contributed by atoms with Gasteiger partial charge >= 0.3 is 5.97 Å². The zero-order chi connectivity index (χ0) is 19.8. The predicted octanol–water partition coefficient (Wildman–Crippen LogP) is 3.09. The molecular formula is C19H26N4O3S. The number of amides is 1. The molecule has 2 aromatic rings. The summed E-state index contributed by atoms with van der Waals surface area (Å²) in [6.07, 6.45) is 1.48. The molecule has 2 N–H and O–H groups in total. The SMILES string of the molecule is CCCc1n[nH]c(=S)n1CC(=O)NC(CC(=O)OC(C)C)c1ccccc1. The lowest BCUT2D eigenvalue weighted by Crippen LogP contribution is -2.34. The molecule has 0 aliphatic rings. The third-order valence-electron chi connectivity index (χ3n) is 3.89. The number of aryl methyl sites for hydroxylation is 1. The van der Waals surface area contributed by atoms with Crippen LogP contribution < -0.4 is 5.32 Å². The number of aromatic amines is 1. The van der Waals surface area contributed by atoms with E-state index in [0.29, 0.717) is 4.77 Å². The fourth-order valence-corrected chi connectivity index (χ4v) is 2.94. The van der Waals surface area contributed by atoms with Gasteiger partial charge in [-0.05, 0) is 38.0 Å². The smallest absolute Gasteiger partial charge is 0.308 e. The lowest BCUT2D eigenvalue weighted by molar-refractivity contribution is -0.148. The second kappa shape index (κ2) is 10.0. The van der Waals surface area contributed by atoms with Crippen LogP contribution in [0.25, 0.3) is 0 Å². The summed E-state index contributed by atoms with van der Waals surface area (Å²) in [6, 6.07) is 8.90. The van der Waals surface area contributed by atoms with Crippen LogP contribution in [-0.2, 0) is 27.3 Å². The van der Waals surface area contributed by atoms with Crippen molar-refractivity contribution in [3.63, 3.8) is 0 Å². The summed E-state index contributed by atoms with van der Waals surface area (Å²) in [5.74, 6) is 0.148. The van der Waals surface area contributed by atoms with E-state index in [-0.39, 0.29) is 30.9 Å². The lowest BCUT2D eigenvalue weighted by atomic mass is 10.0. The molecule has 0 aliphatic heterocycles. The molecule has 0 radical (unpaired) electrons. The largest absolute Gasteiger partial charge is 0.463 e. The Bertz CT molecular complexity index is 814. The molecule has 1 atom stereocenters. The number of benzene rings is 1. The zero-order valence-electron chi connectivity index (χ0n) is 15.9. The number of esters is 1. The molecule has 1 aromatic heterocycles. The Kier molecular flexibility index (Phi) is 7.72. The molecule has 1 heterocycles. The maximum Gasteiger partial charge on any atom is 0.308 e. The van der Waals surface area contributed by atoms with E-state index in [2.05, 4.69) is 15.5 Å². The van der Waals surface area contributed by atoms with Crippen molar-refractivity contribution in [2.45, 2.75) is 58.7 Å². The highest BCUT2D eigenvalue weighted by atomic mass is 32.1. The van der Waals surface area contributed by atoms with Crippen molar-refractivity contribution >= 4 is 24.1 Å². The first kappa shape index (κ1) is 20.8. The van der Waals surface area contributed by atoms with Gasteiger partial charge in [-0.15, -0.1) is 0 Å². The first-order valence-corrected chi connectivity index (χ1v) is 9.49. The van der Waals surface area contributed by atoms with E-state index in [4.69, 9.17) is 17.0 Å². The highest BCUT2D eigenvalue weighted by molar-refractivity contribution is 7.71. The number of carbonyl (C=O) groups is 2. The van der Waals surface area contributed by atoms with E-state index < -0.39 is 6.04 Å². The molecule has 0 fully saturated rings. The van der Waals surface area contributed by atoms with Gasteiger partial charge in [0, 0.05) is 6.42 Å². The van der Waals surface area contributed by atoms with Crippen molar-refractivity contribution in [3.05, 3.63) is 46.5 Å². The van der Waals surface area contributed by atoms with Gasteiger partial charge in [-0.3, -0.25) is 19.3 Å².